The van der Waals surface area contributed by atoms with Crippen LogP contribution in [0.1, 0.15) is 38.5 Å². The molecule has 1 saturated carbocycles. The van der Waals surface area contributed by atoms with Crippen molar-refractivity contribution in [2.45, 2.75) is 44.6 Å². The highest BCUT2D eigenvalue weighted by atomic mass is 35.5. The number of hydrogen-bond donors (Lipinski definition) is 0. The summed E-state index contributed by atoms with van der Waals surface area (Å²) in [5.41, 5.74) is 0. The quantitative estimate of drug-likeness (QED) is 0.704. The molecule has 1 heterocycles. The Labute approximate surface area is 158 Å². The minimum Gasteiger partial charge on any atom is -0.467 e. The second kappa shape index (κ2) is 8.58. The lowest BCUT2D eigenvalue weighted by Gasteiger charge is -2.30. The third-order valence-corrected chi connectivity index (χ3v) is 5.30. The van der Waals surface area contributed by atoms with Gasteiger partial charge in [-0.15, -0.1) is 0 Å². The van der Waals surface area contributed by atoms with Crippen molar-refractivity contribution in [1.29, 1.82) is 0 Å². The summed E-state index contributed by atoms with van der Waals surface area (Å²) < 4.78 is 10.7. The Hall–Kier alpha value is -2.01. The number of nitrogens with zero attached hydrogens (tertiary/aromatic N) is 1. The molecule has 1 atom stereocenters. The van der Waals surface area contributed by atoms with Crippen molar-refractivity contribution in [2.24, 2.45) is 5.92 Å². The second-order valence-electron chi connectivity index (χ2n) is 6.91. The number of carbonyl (C=O) groups is 2. The predicted molar refractivity (Wildman–Crippen MR) is 98.9 cm³/mol. The lowest BCUT2D eigenvalue weighted by Crippen LogP contribution is -2.44. The van der Waals surface area contributed by atoms with Gasteiger partial charge in [0.25, 0.3) is 5.91 Å². The highest BCUT2D eigenvalue weighted by Gasteiger charge is 2.36. The summed E-state index contributed by atoms with van der Waals surface area (Å²) in [6.07, 6.45) is 7.93. The maximum atomic E-state index is 12.5. The molecule has 0 spiro atoms. The smallest absolute Gasteiger partial charge is 0.328 e. The summed E-state index contributed by atoms with van der Waals surface area (Å²) in [5.74, 6) is 0.961. The van der Waals surface area contributed by atoms with Crippen LogP contribution < -0.4 is 4.74 Å². The molecule has 0 unspecified atom stereocenters. The van der Waals surface area contributed by atoms with Crippen molar-refractivity contribution in [2.75, 3.05) is 13.7 Å². The lowest BCUT2D eigenvalue weighted by molar-refractivity contribution is -0.151. The summed E-state index contributed by atoms with van der Waals surface area (Å²) in [7, 11) is 1.37. The topological polar surface area (TPSA) is 55.8 Å². The zero-order valence-corrected chi connectivity index (χ0v) is 15.7. The zero-order valence-electron chi connectivity index (χ0n) is 14.9. The van der Waals surface area contributed by atoms with Crippen LogP contribution in [0.15, 0.2) is 36.1 Å². The van der Waals surface area contributed by atoms with Crippen LogP contribution in [-0.2, 0) is 14.3 Å². The summed E-state index contributed by atoms with van der Waals surface area (Å²) in [5, 5.41) is 0.564. The number of ether oxygens (including phenoxy) is 2. The zero-order chi connectivity index (χ0) is 18.5. The van der Waals surface area contributed by atoms with Gasteiger partial charge < -0.3 is 14.4 Å². The highest BCUT2D eigenvalue weighted by Crippen LogP contribution is 2.30. The molecule has 0 bridgehead atoms. The van der Waals surface area contributed by atoms with Crippen molar-refractivity contribution < 1.29 is 19.1 Å². The maximum absolute atomic E-state index is 12.5. The molecule has 0 radical (unpaired) electrons. The van der Waals surface area contributed by atoms with Gasteiger partial charge in [0.2, 0.25) is 0 Å². The highest BCUT2D eigenvalue weighted by molar-refractivity contribution is 6.30. The SMILES string of the molecule is COC(=O)[C@H](CC1CCCCC1)N1CC(Oc2cccc(Cl)c2)=CC1=O. The molecule has 1 aliphatic heterocycles. The molecule has 1 amide bonds. The molecular formula is C20H24ClNO4. The summed E-state index contributed by atoms with van der Waals surface area (Å²) in [6.45, 7) is 0.262. The van der Waals surface area contributed by atoms with Crippen molar-refractivity contribution in [3.8, 4) is 5.75 Å². The van der Waals surface area contributed by atoms with Gasteiger partial charge in [-0.1, -0.05) is 49.8 Å². The minimum atomic E-state index is -0.563. The molecule has 0 aromatic heterocycles. The average molecular weight is 378 g/mol. The third kappa shape index (κ3) is 4.58. The molecule has 26 heavy (non-hydrogen) atoms. The molecule has 6 heteroatoms. The molecule has 1 fully saturated rings. The van der Waals surface area contributed by atoms with Crippen LogP contribution in [0.5, 0.6) is 5.75 Å². The first-order valence-electron chi connectivity index (χ1n) is 9.09. The minimum absolute atomic E-state index is 0.215. The maximum Gasteiger partial charge on any atom is 0.328 e. The van der Waals surface area contributed by atoms with Crippen LogP contribution in [0.3, 0.4) is 0 Å². The Morgan fingerprint density at radius 1 is 1.31 bits per heavy atom. The van der Waals surface area contributed by atoms with Gasteiger partial charge in [-0.3, -0.25) is 4.79 Å². The van der Waals surface area contributed by atoms with Gasteiger partial charge in [0.05, 0.1) is 13.7 Å². The first-order chi connectivity index (χ1) is 12.6. The molecular weight excluding hydrogens is 354 g/mol. The van der Waals surface area contributed by atoms with Crippen LogP contribution in [0.2, 0.25) is 5.02 Å². The van der Waals surface area contributed by atoms with Gasteiger partial charge in [-0.2, -0.15) is 0 Å². The first kappa shape index (κ1) is 18.8. The van der Waals surface area contributed by atoms with Crippen molar-refractivity contribution in [3.63, 3.8) is 0 Å². The Balaban J connectivity index is 1.68. The molecule has 1 aromatic carbocycles. The van der Waals surface area contributed by atoms with E-state index in [-0.39, 0.29) is 18.4 Å². The van der Waals surface area contributed by atoms with E-state index in [9.17, 15) is 9.59 Å². The first-order valence-corrected chi connectivity index (χ1v) is 9.47. The standard InChI is InChI=1S/C20H24ClNO4/c1-25-20(24)18(10-14-6-3-2-4-7-14)22-13-17(12-19(22)23)26-16-9-5-8-15(21)11-16/h5,8-9,11-12,14,18H,2-4,6-7,10,13H2,1H3/t18-/m0/s1. The molecule has 2 aliphatic rings. The van der Waals surface area contributed by atoms with Crippen molar-refractivity contribution in [1.82, 2.24) is 4.90 Å². The van der Waals surface area contributed by atoms with E-state index in [4.69, 9.17) is 21.1 Å². The number of carbonyl (C=O) groups excluding carboxylic acids is 2. The summed E-state index contributed by atoms with van der Waals surface area (Å²) in [4.78, 5) is 26.4. The van der Waals surface area contributed by atoms with E-state index in [1.165, 1.54) is 32.4 Å². The normalized spacial score (nSPS) is 19.2. The summed E-state index contributed by atoms with van der Waals surface area (Å²) >= 11 is 5.97. The monoisotopic (exact) mass is 377 g/mol. The number of benzene rings is 1. The fourth-order valence-electron chi connectivity index (χ4n) is 3.74. The van der Waals surface area contributed by atoms with Crippen LogP contribution in [0, 0.1) is 5.92 Å². The molecule has 3 rings (SSSR count). The number of hydrogen-bond acceptors (Lipinski definition) is 4. The van der Waals surface area contributed by atoms with Crippen LogP contribution in [0.4, 0.5) is 0 Å². The Kier molecular flexibility index (Phi) is 6.20. The molecule has 140 valence electrons. The van der Waals surface area contributed by atoms with E-state index in [0.717, 1.165) is 12.8 Å². The van der Waals surface area contributed by atoms with Crippen LogP contribution >= 0.6 is 11.6 Å². The fourth-order valence-corrected chi connectivity index (χ4v) is 3.93. The van der Waals surface area contributed by atoms with Crippen LogP contribution in [-0.4, -0.2) is 36.5 Å². The Morgan fingerprint density at radius 2 is 2.08 bits per heavy atom. The van der Waals surface area contributed by atoms with Crippen molar-refractivity contribution in [3.05, 3.63) is 41.1 Å². The van der Waals surface area contributed by atoms with Crippen LogP contribution in [0.25, 0.3) is 0 Å². The Morgan fingerprint density at radius 3 is 2.77 bits per heavy atom. The molecule has 0 saturated heterocycles. The van der Waals surface area contributed by atoms with Gasteiger partial charge >= 0.3 is 5.97 Å². The van der Waals surface area contributed by atoms with Gasteiger partial charge in [0.15, 0.2) is 0 Å². The van der Waals surface area contributed by atoms with E-state index < -0.39 is 6.04 Å². The van der Waals surface area contributed by atoms with Gasteiger partial charge in [0, 0.05) is 11.1 Å². The average Bonchev–Trinajstić information content (AvgIpc) is 3.00. The Bertz CT molecular complexity index is 697. The fraction of sp³-hybridized carbons (Fsp3) is 0.500. The van der Waals surface area contributed by atoms with E-state index in [1.54, 1.807) is 29.2 Å². The van der Waals surface area contributed by atoms with E-state index >= 15 is 0 Å². The van der Waals surface area contributed by atoms with E-state index in [0.29, 0.717) is 28.9 Å². The van der Waals surface area contributed by atoms with Gasteiger partial charge in [0.1, 0.15) is 17.6 Å². The third-order valence-electron chi connectivity index (χ3n) is 5.07. The number of amides is 1. The number of methoxy groups -OCH3 is 1. The van der Waals surface area contributed by atoms with E-state index in [2.05, 4.69) is 0 Å². The van der Waals surface area contributed by atoms with E-state index in [1.807, 2.05) is 0 Å². The molecule has 5 nitrogen and oxygen atoms in total. The lowest BCUT2D eigenvalue weighted by atomic mass is 9.84. The summed E-state index contributed by atoms with van der Waals surface area (Å²) in [6, 6.07) is 6.45. The molecule has 0 N–H and O–H groups in total. The van der Waals surface area contributed by atoms with Gasteiger partial charge in [-0.05, 0) is 30.5 Å². The number of halogens is 1. The van der Waals surface area contributed by atoms with Gasteiger partial charge in [-0.25, -0.2) is 4.79 Å². The van der Waals surface area contributed by atoms with Crippen molar-refractivity contribution >= 4 is 23.5 Å². The largest absolute Gasteiger partial charge is 0.467 e. The number of rotatable bonds is 6. The molecule has 1 aromatic rings. The predicted octanol–water partition coefficient (Wildman–Crippen LogP) is 3.96. The molecule has 1 aliphatic carbocycles. The second-order valence-corrected chi connectivity index (χ2v) is 7.35. The number of esters is 1.